The van der Waals surface area contributed by atoms with E-state index < -0.39 is 17.7 Å². The third-order valence-corrected chi connectivity index (χ3v) is 4.78. The highest BCUT2D eigenvalue weighted by atomic mass is 16.3. The largest absolute Gasteiger partial charge is 0.507 e. The van der Waals surface area contributed by atoms with Crippen molar-refractivity contribution < 1.29 is 14.7 Å². The minimum Gasteiger partial charge on any atom is -0.507 e. The predicted molar refractivity (Wildman–Crippen MR) is 105 cm³/mol. The molecule has 0 bridgehead atoms. The lowest BCUT2D eigenvalue weighted by Gasteiger charge is -2.25. The van der Waals surface area contributed by atoms with Gasteiger partial charge in [0.2, 0.25) is 0 Å². The standard InChI is InChI=1S/C23H18N2O3/c26-21(18-11-5-2-6-12-18)19-20(17-9-3-1-4-10-17)25(23(28)22(19)27)15-16-8-7-13-24-14-16/h1-14,20,26H,15H2/b21-19+. The lowest BCUT2D eigenvalue weighted by Crippen LogP contribution is -2.29. The maximum absolute atomic E-state index is 12.9. The molecule has 1 amide bonds. The van der Waals surface area contributed by atoms with Gasteiger partial charge in [0.25, 0.3) is 11.7 Å². The van der Waals surface area contributed by atoms with Crippen LogP contribution in [-0.2, 0) is 16.1 Å². The van der Waals surface area contributed by atoms with Crippen LogP contribution < -0.4 is 0 Å². The Morgan fingerprint density at radius 3 is 2.25 bits per heavy atom. The number of ketones is 1. The molecule has 1 fully saturated rings. The zero-order chi connectivity index (χ0) is 19.5. The summed E-state index contributed by atoms with van der Waals surface area (Å²) in [6.45, 7) is 0.226. The Morgan fingerprint density at radius 2 is 1.61 bits per heavy atom. The molecule has 28 heavy (non-hydrogen) atoms. The predicted octanol–water partition coefficient (Wildman–Crippen LogP) is 3.70. The first-order valence-electron chi connectivity index (χ1n) is 8.94. The second-order valence-corrected chi connectivity index (χ2v) is 6.56. The van der Waals surface area contributed by atoms with Crippen LogP contribution in [0.3, 0.4) is 0 Å². The number of aliphatic hydroxyl groups is 1. The summed E-state index contributed by atoms with van der Waals surface area (Å²) in [6.07, 6.45) is 3.32. The number of pyridine rings is 1. The summed E-state index contributed by atoms with van der Waals surface area (Å²) in [4.78, 5) is 31.3. The molecule has 2 heterocycles. The summed E-state index contributed by atoms with van der Waals surface area (Å²) >= 11 is 0. The van der Waals surface area contributed by atoms with Gasteiger partial charge in [0.1, 0.15) is 5.76 Å². The molecule has 1 N–H and O–H groups in total. The van der Waals surface area contributed by atoms with Gasteiger partial charge in [-0.15, -0.1) is 0 Å². The zero-order valence-electron chi connectivity index (χ0n) is 15.0. The third kappa shape index (κ3) is 3.18. The second kappa shape index (κ2) is 7.48. The van der Waals surface area contributed by atoms with E-state index in [9.17, 15) is 14.7 Å². The van der Waals surface area contributed by atoms with Crippen molar-refractivity contribution in [1.82, 2.24) is 9.88 Å². The number of Topliss-reactive ketones (excluding diaryl/α,β-unsaturated/α-hetero) is 1. The summed E-state index contributed by atoms with van der Waals surface area (Å²) in [5, 5.41) is 10.9. The Bertz CT molecular complexity index is 1030. The maximum atomic E-state index is 12.9. The second-order valence-electron chi connectivity index (χ2n) is 6.56. The number of likely N-dealkylation sites (tertiary alicyclic amines) is 1. The van der Waals surface area contributed by atoms with Gasteiger partial charge in [0.15, 0.2) is 0 Å². The molecule has 1 aromatic heterocycles. The molecule has 4 rings (SSSR count). The molecule has 0 aliphatic carbocycles. The monoisotopic (exact) mass is 370 g/mol. The molecule has 5 heteroatoms. The molecule has 1 aliphatic rings. The number of carbonyl (C=O) groups excluding carboxylic acids is 2. The minimum absolute atomic E-state index is 0.103. The van der Waals surface area contributed by atoms with Crippen LogP contribution in [0.25, 0.3) is 5.76 Å². The number of aliphatic hydroxyl groups excluding tert-OH is 1. The van der Waals surface area contributed by atoms with Crippen LogP contribution in [0, 0.1) is 0 Å². The summed E-state index contributed by atoms with van der Waals surface area (Å²) in [5.74, 6) is -1.48. The summed E-state index contributed by atoms with van der Waals surface area (Å²) in [7, 11) is 0. The SMILES string of the molecule is O=C1C(=O)N(Cc2cccnc2)C(c2ccccc2)/C1=C(\O)c1ccccc1. The molecule has 0 radical (unpaired) electrons. The van der Waals surface area contributed by atoms with Crippen LogP contribution in [0.15, 0.2) is 90.8 Å². The fourth-order valence-electron chi connectivity index (χ4n) is 3.46. The number of amides is 1. The van der Waals surface area contributed by atoms with E-state index in [-0.39, 0.29) is 17.9 Å². The van der Waals surface area contributed by atoms with Crippen molar-refractivity contribution in [3.63, 3.8) is 0 Å². The van der Waals surface area contributed by atoms with Gasteiger partial charge in [-0.2, -0.15) is 0 Å². The van der Waals surface area contributed by atoms with Crippen molar-refractivity contribution in [2.45, 2.75) is 12.6 Å². The topological polar surface area (TPSA) is 70.5 Å². The lowest BCUT2D eigenvalue weighted by molar-refractivity contribution is -0.140. The first-order chi connectivity index (χ1) is 13.7. The zero-order valence-corrected chi connectivity index (χ0v) is 15.0. The molecule has 2 aromatic carbocycles. The number of carbonyl (C=O) groups is 2. The lowest BCUT2D eigenvalue weighted by atomic mass is 9.95. The smallest absolute Gasteiger partial charge is 0.295 e. The van der Waals surface area contributed by atoms with Gasteiger partial charge < -0.3 is 10.0 Å². The van der Waals surface area contributed by atoms with Crippen molar-refractivity contribution in [3.8, 4) is 0 Å². The van der Waals surface area contributed by atoms with E-state index in [1.165, 1.54) is 4.90 Å². The van der Waals surface area contributed by atoms with Crippen LogP contribution in [0.4, 0.5) is 0 Å². The Morgan fingerprint density at radius 1 is 0.929 bits per heavy atom. The molecular weight excluding hydrogens is 352 g/mol. The van der Waals surface area contributed by atoms with Crippen molar-refractivity contribution in [3.05, 3.63) is 107 Å². The number of benzene rings is 2. The molecule has 5 nitrogen and oxygen atoms in total. The van der Waals surface area contributed by atoms with Crippen LogP contribution in [0.5, 0.6) is 0 Å². The van der Waals surface area contributed by atoms with Crippen molar-refractivity contribution >= 4 is 17.4 Å². The molecule has 1 unspecified atom stereocenters. The average Bonchev–Trinajstić information content (AvgIpc) is 3.00. The van der Waals surface area contributed by atoms with Crippen molar-refractivity contribution in [2.24, 2.45) is 0 Å². The Hall–Kier alpha value is -3.73. The molecule has 1 aliphatic heterocycles. The summed E-state index contributed by atoms with van der Waals surface area (Å²) in [5.41, 5.74) is 2.18. The fraction of sp³-hybridized carbons (Fsp3) is 0.0870. The van der Waals surface area contributed by atoms with Crippen LogP contribution >= 0.6 is 0 Å². The van der Waals surface area contributed by atoms with Gasteiger partial charge in [-0.1, -0.05) is 66.7 Å². The van der Waals surface area contributed by atoms with E-state index in [0.29, 0.717) is 5.56 Å². The Labute approximate surface area is 162 Å². The van der Waals surface area contributed by atoms with E-state index in [4.69, 9.17) is 0 Å². The third-order valence-electron chi connectivity index (χ3n) is 4.78. The first kappa shape index (κ1) is 17.7. The van der Waals surface area contributed by atoms with Gasteiger partial charge in [-0.05, 0) is 17.2 Å². The summed E-state index contributed by atoms with van der Waals surface area (Å²) in [6, 6.07) is 21.1. The molecule has 1 atom stereocenters. The van der Waals surface area contributed by atoms with Gasteiger partial charge in [0.05, 0.1) is 11.6 Å². The number of aromatic nitrogens is 1. The number of rotatable bonds is 4. The molecule has 138 valence electrons. The highest BCUT2D eigenvalue weighted by Gasteiger charge is 2.45. The van der Waals surface area contributed by atoms with Gasteiger partial charge in [-0.25, -0.2) is 0 Å². The molecular formula is C23H18N2O3. The highest BCUT2D eigenvalue weighted by molar-refractivity contribution is 6.46. The van der Waals surface area contributed by atoms with E-state index in [1.54, 1.807) is 42.7 Å². The Kier molecular flexibility index (Phi) is 4.72. The van der Waals surface area contributed by atoms with Crippen molar-refractivity contribution in [1.29, 1.82) is 0 Å². The van der Waals surface area contributed by atoms with Crippen LogP contribution in [-0.4, -0.2) is 26.7 Å². The van der Waals surface area contributed by atoms with Gasteiger partial charge in [0, 0.05) is 24.5 Å². The van der Waals surface area contributed by atoms with Crippen LogP contribution in [0.2, 0.25) is 0 Å². The van der Waals surface area contributed by atoms with Crippen LogP contribution in [0.1, 0.15) is 22.7 Å². The number of hydrogen-bond donors (Lipinski definition) is 1. The van der Waals surface area contributed by atoms with E-state index in [0.717, 1.165) is 11.1 Å². The van der Waals surface area contributed by atoms with Crippen molar-refractivity contribution in [2.75, 3.05) is 0 Å². The molecule has 0 spiro atoms. The highest BCUT2D eigenvalue weighted by Crippen LogP contribution is 2.40. The average molecular weight is 370 g/mol. The fourth-order valence-corrected chi connectivity index (χ4v) is 3.46. The van der Waals surface area contributed by atoms with E-state index in [2.05, 4.69) is 4.98 Å². The maximum Gasteiger partial charge on any atom is 0.295 e. The number of hydrogen-bond acceptors (Lipinski definition) is 4. The normalized spacial score (nSPS) is 18.4. The first-order valence-corrected chi connectivity index (χ1v) is 8.94. The Balaban J connectivity index is 1.85. The van der Waals surface area contributed by atoms with Gasteiger partial charge in [-0.3, -0.25) is 14.6 Å². The summed E-state index contributed by atoms with van der Waals surface area (Å²) < 4.78 is 0. The van der Waals surface area contributed by atoms with Gasteiger partial charge >= 0.3 is 0 Å². The van der Waals surface area contributed by atoms with E-state index >= 15 is 0 Å². The minimum atomic E-state index is -0.681. The number of nitrogens with zero attached hydrogens (tertiary/aromatic N) is 2. The molecule has 1 saturated heterocycles. The molecule has 3 aromatic rings. The van der Waals surface area contributed by atoms with E-state index in [1.807, 2.05) is 42.5 Å². The quantitative estimate of drug-likeness (QED) is 0.432. The molecule has 0 saturated carbocycles.